The van der Waals surface area contributed by atoms with Gasteiger partial charge in [0.25, 0.3) is 0 Å². The van der Waals surface area contributed by atoms with Crippen LogP contribution in [0, 0.1) is 0 Å². The molecule has 1 aliphatic heterocycles. The number of carbonyl (C=O) groups excluding carboxylic acids is 1. The summed E-state index contributed by atoms with van der Waals surface area (Å²) in [5.74, 6) is 2.60. The minimum Gasteiger partial charge on any atom is -0.493 e. The van der Waals surface area contributed by atoms with Crippen LogP contribution in [0.3, 0.4) is 0 Å². The van der Waals surface area contributed by atoms with Crippen LogP contribution >= 0.6 is 28.7 Å². The van der Waals surface area contributed by atoms with Gasteiger partial charge in [-0.15, -0.1) is 28.7 Å². The molecular formula is C35H53BrN2O3S. The Morgan fingerprint density at radius 1 is 0.857 bits per heavy atom. The first-order valence-electron chi connectivity index (χ1n) is 15.8. The van der Waals surface area contributed by atoms with Crippen molar-refractivity contribution in [2.45, 2.75) is 104 Å². The third-order valence-electron chi connectivity index (χ3n) is 7.73. The van der Waals surface area contributed by atoms with Gasteiger partial charge in [-0.2, -0.15) is 0 Å². The standard InChI is InChI=1S/C35H52N2O3S.BrH/c1-4-5-6-7-8-9-10-11-12-13-14-15-25-40-34-21-18-31(27-35(34)39-3)22-23-37(30(2)38)33-19-16-32(17-20-33)28-36-24-26-41-29-36;/h16-21,24,26-27H,4-15,22-23,25,28-29H2,1-3H3;1H. The Hall–Kier alpha value is -2.12. The second kappa shape index (κ2) is 21.6. The highest BCUT2D eigenvalue weighted by atomic mass is 79.9. The zero-order valence-electron chi connectivity index (χ0n) is 26.2. The lowest BCUT2D eigenvalue weighted by molar-refractivity contribution is -0.116. The summed E-state index contributed by atoms with van der Waals surface area (Å²) in [7, 11) is 1.69. The molecule has 7 heteroatoms. The Labute approximate surface area is 270 Å². The first-order valence-corrected chi connectivity index (χ1v) is 16.8. The number of hydrogen-bond donors (Lipinski definition) is 0. The van der Waals surface area contributed by atoms with E-state index in [9.17, 15) is 4.79 Å². The molecule has 1 heterocycles. The van der Waals surface area contributed by atoms with Crippen molar-refractivity contribution in [3.63, 3.8) is 0 Å². The first kappa shape index (κ1) is 36.1. The molecule has 1 amide bonds. The maximum atomic E-state index is 12.5. The first-order chi connectivity index (χ1) is 20.1. The molecule has 3 rings (SSSR count). The van der Waals surface area contributed by atoms with Gasteiger partial charge in [0.2, 0.25) is 5.91 Å². The molecule has 1 aliphatic rings. The molecule has 42 heavy (non-hydrogen) atoms. The van der Waals surface area contributed by atoms with Gasteiger partial charge in [0.1, 0.15) is 0 Å². The minimum atomic E-state index is 0. The molecule has 0 fully saturated rings. The molecule has 234 valence electrons. The number of carbonyl (C=O) groups is 1. The number of anilines is 1. The number of ether oxygens (including phenoxy) is 2. The molecule has 2 aromatic rings. The van der Waals surface area contributed by atoms with Crippen LogP contribution in [0.2, 0.25) is 0 Å². The third kappa shape index (κ3) is 13.5. The highest BCUT2D eigenvalue weighted by Crippen LogP contribution is 2.29. The topological polar surface area (TPSA) is 42.0 Å². The summed E-state index contributed by atoms with van der Waals surface area (Å²) in [4.78, 5) is 16.6. The van der Waals surface area contributed by atoms with Crippen molar-refractivity contribution in [2.24, 2.45) is 0 Å². The van der Waals surface area contributed by atoms with Crippen LogP contribution in [-0.2, 0) is 17.8 Å². The van der Waals surface area contributed by atoms with Crippen LogP contribution in [0.15, 0.2) is 54.1 Å². The van der Waals surface area contributed by atoms with Crippen molar-refractivity contribution in [1.82, 2.24) is 4.90 Å². The number of methoxy groups -OCH3 is 1. The number of amides is 1. The van der Waals surface area contributed by atoms with Crippen molar-refractivity contribution < 1.29 is 14.3 Å². The van der Waals surface area contributed by atoms with Crippen LogP contribution in [-0.4, -0.2) is 36.9 Å². The molecule has 0 aliphatic carbocycles. The fourth-order valence-corrected chi connectivity index (χ4v) is 5.96. The Bertz CT molecular complexity index is 1050. The zero-order chi connectivity index (χ0) is 29.1. The van der Waals surface area contributed by atoms with Crippen molar-refractivity contribution in [3.8, 4) is 11.5 Å². The number of halogens is 1. The van der Waals surface area contributed by atoms with E-state index in [-0.39, 0.29) is 22.9 Å². The van der Waals surface area contributed by atoms with Crippen molar-refractivity contribution in [1.29, 1.82) is 0 Å². The Morgan fingerprint density at radius 3 is 2.05 bits per heavy atom. The summed E-state index contributed by atoms with van der Waals surface area (Å²) < 4.78 is 11.7. The maximum Gasteiger partial charge on any atom is 0.223 e. The summed E-state index contributed by atoms with van der Waals surface area (Å²) >= 11 is 1.81. The van der Waals surface area contributed by atoms with E-state index in [4.69, 9.17) is 9.47 Å². The van der Waals surface area contributed by atoms with E-state index < -0.39 is 0 Å². The average Bonchev–Trinajstić information content (AvgIpc) is 3.49. The summed E-state index contributed by atoms with van der Waals surface area (Å²) in [6, 6.07) is 14.5. The second-order valence-electron chi connectivity index (χ2n) is 11.1. The SMILES string of the molecule is Br.CCCCCCCCCCCCCCOc1ccc(CCN(C(C)=O)c2ccc(CN3C=CSC3)cc2)cc1OC. The van der Waals surface area contributed by atoms with Gasteiger partial charge >= 0.3 is 0 Å². The van der Waals surface area contributed by atoms with E-state index in [1.54, 1.807) is 14.0 Å². The van der Waals surface area contributed by atoms with Gasteiger partial charge in [-0.25, -0.2) is 0 Å². The van der Waals surface area contributed by atoms with Gasteiger partial charge in [-0.3, -0.25) is 4.79 Å². The maximum absolute atomic E-state index is 12.5. The number of thioether (sulfide) groups is 1. The molecule has 0 atom stereocenters. The Morgan fingerprint density at radius 2 is 1.48 bits per heavy atom. The molecular weight excluding hydrogens is 608 g/mol. The summed E-state index contributed by atoms with van der Waals surface area (Å²) in [6.45, 7) is 6.13. The van der Waals surface area contributed by atoms with Gasteiger partial charge in [0.15, 0.2) is 11.5 Å². The molecule has 0 unspecified atom stereocenters. The molecule has 2 aromatic carbocycles. The van der Waals surface area contributed by atoms with E-state index in [1.165, 1.54) is 76.2 Å². The lowest BCUT2D eigenvalue weighted by Crippen LogP contribution is -2.30. The van der Waals surface area contributed by atoms with Gasteiger partial charge < -0.3 is 19.3 Å². The second-order valence-corrected chi connectivity index (χ2v) is 12.0. The number of hydrogen-bond acceptors (Lipinski definition) is 5. The highest BCUT2D eigenvalue weighted by Gasteiger charge is 2.14. The predicted octanol–water partition coefficient (Wildman–Crippen LogP) is 9.93. The van der Waals surface area contributed by atoms with Crippen LogP contribution < -0.4 is 14.4 Å². The minimum absolute atomic E-state index is 0. The largest absolute Gasteiger partial charge is 0.493 e. The van der Waals surface area contributed by atoms with Crippen molar-refractivity contribution in [2.75, 3.05) is 31.0 Å². The van der Waals surface area contributed by atoms with Crippen molar-refractivity contribution >= 4 is 40.3 Å². The Kier molecular flexibility index (Phi) is 18.5. The molecule has 0 N–H and O–H groups in total. The van der Waals surface area contributed by atoms with Crippen LogP contribution in [0.5, 0.6) is 11.5 Å². The molecule has 0 aromatic heterocycles. The summed E-state index contributed by atoms with van der Waals surface area (Å²) in [5.41, 5.74) is 3.30. The highest BCUT2D eigenvalue weighted by molar-refractivity contribution is 8.93. The Balaban J connectivity index is 0.00000616. The van der Waals surface area contributed by atoms with E-state index in [1.807, 2.05) is 28.8 Å². The summed E-state index contributed by atoms with van der Waals surface area (Å²) in [6.07, 6.45) is 18.9. The number of benzene rings is 2. The normalized spacial score (nSPS) is 12.3. The number of unbranched alkanes of at least 4 members (excludes halogenated alkanes) is 11. The zero-order valence-corrected chi connectivity index (χ0v) is 28.7. The fourth-order valence-electron chi connectivity index (χ4n) is 5.25. The quantitative estimate of drug-likeness (QED) is 0.125. The molecule has 0 bridgehead atoms. The predicted molar refractivity (Wildman–Crippen MR) is 185 cm³/mol. The lowest BCUT2D eigenvalue weighted by Gasteiger charge is -2.22. The number of rotatable bonds is 21. The molecule has 0 saturated carbocycles. The molecule has 0 spiro atoms. The smallest absolute Gasteiger partial charge is 0.223 e. The van der Waals surface area contributed by atoms with E-state index in [2.05, 4.69) is 53.8 Å². The average molecular weight is 662 g/mol. The molecule has 0 saturated heterocycles. The van der Waals surface area contributed by atoms with E-state index in [0.717, 1.165) is 48.0 Å². The van der Waals surface area contributed by atoms with Gasteiger partial charge in [0, 0.05) is 31.9 Å². The van der Waals surface area contributed by atoms with Gasteiger partial charge in [-0.05, 0) is 53.6 Å². The fraction of sp³-hybridized carbons (Fsp3) is 0.571. The molecule has 0 radical (unpaired) electrons. The van der Waals surface area contributed by atoms with E-state index >= 15 is 0 Å². The summed E-state index contributed by atoms with van der Waals surface area (Å²) in [5, 5.41) is 2.12. The molecule has 5 nitrogen and oxygen atoms in total. The van der Waals surface area contributed by atoms with Gasteiger partial charge in [0.05, 0.1) is 19.6 Å². The van der Waals surface area contributed by atoms with Gasteiger partial charge in [-0.1, -0.05) is 95.8 Å². The lowest BCUT2D eigenvalue weighted by atomic mass is 10.1. The monoisotopic (exact) mass is 660 g/mol. The van der Waals surface area contributed by atoms with Crippen LogP contribution in [0.4, 0.5) is 5.69 Å². The van der Waals surface area contributed by atoms with Crippen molar-refractivity contribution in [3.05, 3.63) is 65.2 Å². The third-order valence-corrected chi connectivity index (χ3v) is 8.52. The van der Waals surface area contributed by atoms with Crippen LogP contribution in [0.1, 0.15) is 102 Å². The van der Waals surface area contributed by atoms with E-state index in [0.29, 0.717) is 13.2 Å². The number of nitrogens with zero attached hydrogens (tertiary/aromatic N) is 2. The van der Waals surface area contributed by atoms with Crippen LogP contribution in [0.25, 0.3) is 0 Å².